The van der Waals surface area contributed by atoms with Gasteiger partial charge in [-0.3, -0.25) is 0 Å². The van der Waals surface area contributed by atoms with E-state index in [2.05, 4.69) is 16.0 Å². The van der Waals surface area contributed by atoms with Crippen LogP contribution in [0, 0.1) is 6.92 Å². The van der Waals surface area contributed by atoms with Crippen molar-refractivity contribution in [3.63, 3.8) is 0 Å². The maximum absolute atomic E-state index is 5.86. The summed E-state index contributed by atoms with van der Waals surface area (Å²) in [5.41, 5.74) is 3.18. The van der Waals surface area contributed by atoms with Gasteiger partial charge in [-0.05, 0) is 24.6 Å². The van der Waals surface area contributed by atoms with Gasteiger partial charge in [0, 0.05) is 30.7 Å². The fraction of sp³-hybridized carbons (Fsp3) is 0.312. The van der Waals surface area contributed by atoms with E-state index in [9.17, 15) is 0 Å². The summed E-state index contributed by atoms with van der Waals surface area (Å²) in [6.45, 7) is 2.73. The number of ether oxygens (including phenoxy) is 1. The number of rotatable bonds is 5. The quantitative estimate of drug-likeness (QED) is 0.784. The Morgan fingerprint density at radius 3 is 2.55 bits per heavy atom. The van der Waals surface area contributed by atoms with Crippen LogP contribution < -0.4 is 9.64 Å². The van der Waals surface area contributed by atoms with E-state index in [1.54, 1.807) is 7.11 Å². The highest BCUT2D eigenvalue weighted by Gasteiger charge is 2.09. The maximum atomic E-state index is 5.86. The summed E-state index contributed by atoms with van der Waals surface area (Å²) in [4.78, 5) is 6.70. The van der Waals surface area contributed by atoms with Gasteiger partial charge in [-0.25, -0.2) is 4.98 Å². The summed E-state index contributed by atoms with van der Waals surface area (Å²) in [5.74, 6) is 2.32. The van der Waals surface area contributed by atoms with Gasteiger partial charge in [0.15, 0.2) is 0 Å². The highest BCUT2D eigenvalue weighted by atomic mass is 35.5. The predicted molar refractivity (Wildman–Crippen MR) is 83.6 cm³/mol. The first-order chi connectivity index (χ1) is 9.65. The second kappa shape index (κ2) is 6.62. The Morgan fingerprint density at radius 2 is 1.90 bits per heavy atom. The van der Waals surface area contributed by atoms with Crippen molar-refractivity contribution in [2.45, 2.75) is 19.3 Å². The summed E-state index contributed by atoms with van der Waals surface area (Å²) in [5, 5.41) is 0. The van der Waals surface area contributed by atoms with E-state index in [-0.39, 0.29) is 0 Å². The highest BCUT2D eigenvalue weighted by Crippen LogP contribution is 2.22. The minimum atomic E-state index is 0.495. The predicted octanol–water partition coefficient (Wildman–Crippen LogP) is 3.77. The van der Waals surface area contributed by atoms with Crippen LogP contribution in [0.4, 0.5) is 5.82 Å². The van der Waals surface area contributed by atoms with Gasteiger partial charge in [-0.15, -0.1) is 11.6 Å². The van der Waals surface area contributed by atoms with Gasteiger partial charge in [0.2, 0.25) is 0 Å². The lowest BCUT2D eigenvalue weighted by molar-refractivity contribution is 0.409. The molecule has 106 valence electrons. The van der Waals surface area contributed by atoms with E-state index < -0.39 is 0 Å². The van der Waals surface area contributed by atoms with E-state index in [4.69, 9.17) is 16.3 Å². The Bertz CT molecular complexity index is 586. The van der Waals surface area contributed by atoms with Crippen LogP contribution in [-0.2, 0) is 12.4 Å². The zero-order valence-electron chi connectivity index (χ0n) is 12.1. The number of para-hydroxylation sites is 1. The van der Waals surface area contributed by atoms with E-state index >= 15 is 0 Å². The number of methoxy groups -OCH3 is 1. The Labute approximate surface area is 125 Å². The van der Waals surface area contributed by atoms with E-state index in [1.165, 1.54) is 0 Å². The number of aromatic nitrogens is 1. The zero-order chi connectivity index (χ0) is 14.5. The van der Waals surface area contributed by atoms with Crippen LogP contribution in [0.2, 0.25) is 0 Å². The molecule has 4 heteroatoms. The van der Waals surface area contributed by atoms with Gasteiger partial charge in [-0.2, -0.15) is 0 Å². The standard InChI is InChI=1S/C16H19ClN2O/c1-12-13(10-17)8-9-16(18-12)19(2)11-14-6-4-5-7-15(14)20-3/h4-9H,10-11H2,1-3H3. The van der Waals surface area contributed by atoms with Gasteiger partial charge >= 0.3 is 0 Å². The fourth-order valence-electron chi connectivity index (χ4n) is 2.10. The minimum absolute atomic E-state index is 0.495. The minimum Gasteiger partial charge on any atom is -0.496 e. The van der Waals surface area contributed by atoms with Crippen molar-refractivity contribution >= 4 is 17.4 Å². The van der Waals surface area contributed by atoms with Crippen molar-refractivity contribution in [3.8, 4) is 5.75 Å². The molecule has 0 spiro atoms. The molecule has 1 aromatic heterocycles. The van der Waals surface area contributed by atoms with Gasteiger partial charge in [0.25, 0.3) is 0 Å². The maximum Gasteiger partial charge on any atom is 0.128 e. The largest absolute Gasteiger partial charge is 0.496 e. The molecular formula is C16H19ClN2O. The molecule has 0 saturated carbocycles. The number of benzene rings is 1. The van der Waals surface area contributed by atoms with Crippen LogP contribution in [0.1, 0.15) is 16.8 Å². The monoisotopic (exact) mass is 290 g/mol. The number of alkyl halides is 1. The molecule has 0 aliphatic carbocycles. The number of aryl methyl sites for hydroxylation is 1. The lowest BCUT2D eigenvalue weighted by Crippen LogP contribution is -2.18. The third-order valence-corrected chi connectivity index (χ3v) is 3.60. The SMILES string of the molecule is COc1ccccc1CN(C)c1ccc(CCl)c(C)n1. The van der Waals surface area contributed by atoms with Crippen molar-refractivity contribution in [1.82, 2.24) is 4.98 Å². The smallest absolute Gasteiger partial charge is 0.128 e. The molecule has 0 N–H and O–H groups in total. The molecule has 0 fully saturated rings. The Balaban J connectivity index is 2.19. The molecule has 2 rings (SSSR count). The summed E-state index contributed by atoms with van der Waals surface area (Å²) in [6.07, 6.45) is 0. The molecule has 1 aromatic carbocycles. The summed E-state index contributed by atoms with van der Waals surface area (Å²) < 4.78 is 5.38. The van der Waals surface area contributed by atoms with Crippen molar-refractivity contribution < 1.29 is 4.74 Å². The molecule has 0 aliphatic rings. The van der Waals surface area contributed by atoms with Crippen molar-refractivity contribution in [1.29, 1.82) is 0 Å². The first kappa shape index (κ1) is 14.7. The van der Waals surface area contributed by atoms with Crippen LogP contribution in [0.3, 0.4) is 0 Å². The second-order valence-electron chi connectivity index (χ2n) is 4.72. The van der Waals surface area contributed by atoms with Gasteiger partial charge in [-0.1, -0.05) is 24.3 Å². The highest BCUT2D eigenvalue weighted by molar-refractivity contribution is 6.17. The normalized spacial score (nSPS) is 10.4. The molecule has 0 unspecified atom stereocenters. The van der Waals surface area contributed by atoms with Crippen molar-refractivity contribution in [3.05, 3.63) is 53.2 Å². The van der Waals surface area contributed by atoms with Crippen molar-refractivity contribution in [2.75, 3.05) is 19.1 Å². The molecule has 20 heavy (non-hydrogen) atoms. The third kappa shape index (κ3) is 3.23. The molecule has 1 heterocycles. The molecule has 0 atom stereocenters. The van der Waals surface area contributed by atoms with Crippen LogP contribution in [0.15, 0.2) is 36.4 Å². The molecular weight excluding hydrogens is 272 g/mol. The summed E-state index contributed by atoms with van der Waals surface area (Å²) in [6, 6.07) is 12.1. The average Bonchev–Trinajstić information content (AvgIpc) is 2.47. The number of anilines is 1. The van der Waals surface area contributed by atoms with E-state index in [0.29, 0.717) is 5.88 Å². The lowest BCUT2D eigenvalue weighted by Gasteiger charge is -2.20. The number of halogens is 1. The molecule has 0 saturated heterocycles. The number of pyridine rings is 1. The lowest BCUT2D eigenvalue weighted by atomic mass is 10.2. The Kier molecular flexibility index (Phi) is 4.85. The van der Waals surface area contributed by atoms with Crippen molar-refractivity contribution in [2.24, 2.45) is 0 Å². The van der Waals surface area contributed by atoms with Crippen LogP contribution in [0.25, 0.3) is 0 Å². The van der Waals surface area contributed by atoms with E-state index in [0.717, 1.165) is 34.9 Å². The van der Waals surface area contributed by atoms with Crippen LogP contribution in [0.5, 0.6) is 5.75 Å². The Morgan fingerprint density at radius 1 is 1.15 bits per heavy atom. The first-order valence-corrected chi connectivity index (χ1v) is 7.04. The summed E-state index contributed by atoms with van der Waals surface area (Å²) >= 11 is 5.86. The molecule has 2 aromatic rings. The molecule has 3 nitrogen and oxygen atoms in total. The third-order valence-electron chi connectivity index (χ3n) is 3.32. The van der Waals surface area contributed by atoms with Gasteiger partial charge < -0.3 is 9.64 Å². The van der Waals surface area contributed by atoms with Crippen LogP contribution in [-0.4, -0.2) is 19.1 Å². The van der Waals surface area contributed by atoms with Gasteiger partial charge in [0.1, 0.15) is 11.6 Å². The number of hydrogen-bond acceptors (Lipinski definition) is 3. The number of hydrogen-bond donors (Lipinski definition) is 0. The second-order valence-corrected chi connectivity index (χ2v) is 4.98. The topological polar surface area (TPSA) is 25.4 Å². The molecule has 0 bridgehead atoms. The zero-order valence-corrected chi connectivity index (χ0v) is 12.8. The van der Waals surface area contributed by atoms with Crippen LogP contribution >= 0.6 is 11.6 Å². The van der Waals surface area contributed by atoms with E-state index in [1.807, 2.05) is 44.3 Å². The average molecular weight is 291 g/mol. The fourth-order valence-corrected chi connectivity index (χ4v) is 2.38. The number of nitrogens with zero attached hydrogens (tertiary/aromatic N) is 2. The van der Waals surface area contributed by atoms with Gasteiger partial charge in [0.05, 0.1) is 7.11 Å². The first-order valence-electron chi connectivity index (χ1n) is 6.51. The molecule has 0 amide bonds. The summed E-state index contributed by atoms with van der Waals surface area (Å²) in [7, 11) is 3.71. The Hall–Kier alpha value is -1.74. The molecule has 0 aliphatic heterocycles. The molecule has 0 radical (unpaired) electrons.